The largest absolute Gasteiger partial charge is 0.379 e. The van der Waals surface area contributed by atoms with Gasteiger partial charge in [-0.05, 0) is 35.8 Å². The van der Waals surface area contributed by atoms with Gasteiger partial charge in [0, 0.05) is 44.6 Å². The van der Waals surface area contributed by atoms with Crippen LogP contribution in [0, 0.1) is 5.92 Å². The Hall–Kier alpha value is -1.89. The van der Waals surface area contributed by atoms with Gasteiger partial charge in [-0.15, -0.1) is 11.3 Å². The Labute approximate surface area is 178 Å². The number of hydrogen-bond acceptors (Lipinski definition) is 4. The molecule has 0 saturated carbocycles. The number of nitrogens with one attached hydrogen (secondary N) is 1. The van der Waals surface area contributed by atoms with E-state index in [4.69, 9.17) is 4.74 Å². The Bertz CT molecular complexity index is 758. The number of likely N-dealkylation sites (tertiary alicyclic amines) is 1. The molecule has 3 heterocycles. The minimum Gasteiger partial charge on any atom is -0.379 e. The summed E-state index contributed by atoms with van der Waals surface area (Å²) in [5.74, 6) is 1.73. The predicted octanol–water partition coefficient (Wildman–Crippen LogP) is 3.26. The van der Waals surface area contributed by atoms with E-state index < -0.39 is 0 Å². The normalized spacial score (nSPS) is 22.0. The molecule has 0 bridgehead atoms. The second-order valence-corrected chi connectivity index (χ2v) is 8.88. The molecule has 1 aromatic carbocycles. The van der Waals surface area contributed by atoms with Crippen LogP contribution in [0.3, 0.4) is 0 Å². The van der Waals surface area contributed by atoms with E-state index in [-0.39, 0.29) is 0 Å². The van der Waals surface area contributed by atoms with Crippen LogP contribution in [0.1, 0.15) is 22.9 Å². The van der Waals surface area contributed by atoms with E-state index >= 15 is 0 Å². The van der Waals surface area contributed by atoms with Gasteiger partial charge in [0.05, 0.1) is 19.3 Å². The van der Waals surface area contributed by atoms with Crippen molar-refractivity contribution in [3.8, 4) is 0 Å². The number of benzene rings is 1. The van der Waals surface area contributed by atoms with E-state index in [2.05, 4.69) is 68.0 Å². The van der Waals surface area contributed by atoms with Gasteiger partial charge in [0.1, 0.15) is 0 Å². The fourth-order valence-electron chi connectivity index (χ4n) is 4.44. The summed E-state index contributed by atoms with van der Waals surface area (Å²) < 4.78 is 5.57. The quantitative estimate of drug-likeness (QED) is 0.584. The number of guanidine groups is 1. The predicted molar refractivity (Wildman–Crippen MR) is 121 cm³/mol. The van der Waals surface area contributed by atoms with Gasteiger partial charge in [0.25, 0.3) is 0 Å². The summed E-state index contributed by atoms with van der Waals surface area (Å²) in [4.78, 5) is 11.0. The van der Waals surface area contributed by atoms with Crippen molar-refractivity contribution in [2.75, 3.05) is 53.0 Å². The van der Waals surface area contributed by atoms with Crippen LogP contribution in [0.4, 0.5) is 0 Å². The van der Waals surface area contributed by atoms with Gasteiger partial charge in [-0.3, -0.25) is 9.89 Å². The summed E-state index contributed by atoms with van der Waals surface area (Å²) >= 11 is 1.84. The SMILES string of the molecule is CN=C(NCC(c1cccs1)N1CCOCC1)N1CCC(Cc2ccccc2)C1. The van der Waals surface area contributed by atoms with Crippen LogP contribution in [-0.2, 0) is 11.2 Å². The fourth-order valence-corrected chi connectivity index (χ4v) is 5.30. The Morgan fingerprint density at radius 1 is 1.17 bits per heavy atom. The number of hydrogen-bond donors (Lipinski definition) is 1. The molecule has 1 aromatic heterocycles. The standard InChI is InChI=1S/C23H32N4OS/c1-24-23(27-10-9-20(18-27)16-19-6-3-2-4-7-19)25-17-21(22-8-5-15-29-22)26-11-13-28-14-12-26/h2-8,15,20-21H,9-14,16-18H2,1H3,(H,24,25). The van der Waals surface area contributed by atoms with Crippen molar-refractivity contribution < 1.29 is 4.74 Å². The van der Waals surface area contributed by atoms with E-state index in [1.54, 1.807) is 0 Å². The third-order valence-electron chi connectivity index (χ3n) is 5.98. The van der Waals surface area contributed by atoms with Gasteiger partial charge in [-0.25, -0.2) is 0 Å². The molecule has 2 unspecified atom stereocenters. The molecule has 1 N–H and O–H groups in total. The van der Waals surface area contributed by atoms with Gasteiger partial charge >= 0.3 is 0 Å². The smallest absolute Gasteiger partial charge is 0.193 e. The minimum atomic E-state index is 0.373. The van der Waals surface area contributed by atoms with Crippen molar-refractivity contribution in [1.82, 2.24) is 15.1 Å². The summed E-state index contributed by atoms with van der Waals surface area (Å²) in [6, 6.07) is 15.6. The molecular formula is C23H32N4OS. The van der Waals surface area contributed by atoms with E-state index in [1.165, 1.54) is 16.9 Å². The Morgan fingerprint density at radius 2 is 2.00 bits per heavy atom. The van der Waals surface area contributed by atoms with Crippen LogP contribution in [0.25, 0.3) is 0 Å². The Morgan fingerprint density at radius 3 is 2.72 bits per heavy atom. The van der Waals surface area contributed by atoms with Crippen molar-refractivity contribution in [1.29, 1.82) is 0 Å². The van der Waals surface area contributed by atoms with E-state index in [1.807, 2.05) is 18.4 Å². The number of nitrogens with zero attached hydrogens (tertiary/aromatic N) is 3. The van der Waals surface area contributed by atoms with Crippen LogP contribution in [-0.4, -0.2) is 68.7 Å². The van der Waals surface area contributed by atoms with Gasteiger partial charge in [-0.1, -0.05) is 36.4 Å². The number of morpholine rings is 1. The van der Waals surface area contributed by atoms with Crippen molar-refractivity contribution in [2.24, 2.45) is 10.9 Å². The highest BCUT2D eigenvalue weighted by molar-refractivity contribution is 7.10. The molecule has 6 heteroatoms. The number of rotatable bonds is 6. The van der Waals surface area contributed by atoms with Gasteiger partial charge < -0.3 is 15.0 Å². The van der Waals surface area contributed by atoms with Gasteiger partial charge in [0.15, 0.2) is 5.96 Å². The maximum absolute atomic E-state index is 5.57. The van der Waals surface area contributed by atoms with Crippen LogP contribution in [0.15, 0.2) is 52.8 Å². The molecular weight excluding hydrogens is 380 g/mol. The molecule has 0 aliphatic carbocycles. The molecule has 5 nitrogen and oxygen atoms in total. The topological polar surface area (TPSA) is 40.1 Å². The first-order valence-electron chi connectivity index (χ1n) is 10.7. The monoisotopic (exact) mass is 412 g/mol. The van der Waals surface area contributed by atoms with Crippen LogP contribution in [0.5, 0.6) is 0 Å². The minimum absolute atomic E-state index is 0.373. The van der Waals surface area contributed by atoms with Gasteiger partial charge in [-0.2, -0.15) is 0 Å². The first kappa shape index (κ1) is 20.4. The molecule has 29 heavy (non-hydrogen) atoms. The summed E-state index contributed by atoms with van der Waals surface area (Å²) in [5.41, 5.74) is 1.44. The molecule has 4 rings (SSSR count). The zero-order chi connectivity index (χ0) is 19.9. The van der Waals surface area contributed by atoms with Crippen molar-refractivity contribution in [3.05, 3.63) is 58.3 Å². The van der Waals surface area contributed by atoms with E-state index in [0.29, 0.717) is 12.0 Å². The van der Waals surface area contributed by atoms with Gasteiger partial charge in [0.2, 0.25) is 0 Å². The Kier molecular flexibility index (Phi) is 7.19. The molecule has 0 spiro atoms. The summed E-state index contributed by atoms with van der Waals surface area (Å²) in [7, 11) is 1.90. The summed E-state index contributed by atoms with van der Waals surface area (Å²) in [6.45, 7) is 6.67. The maximum Gasteiger partial charge on any atom is 0.193 e. The molecule has 2 aromatic rings. The highest BCUT2D eigenvalue weighted by Gasteiger charge is 2.27. The lowest BCUT2D eigenvalue weighted by molar-refractivity contribution is 0.0176. The molecule has 2 saturated heterocycles. The lowest BCUT2D eigenvalue weighted by Crippen LogP contribution is -2.47. The second kappa shape index (κ2) is 10.2. The average Bonchev–Trinajstić information content (AvgIpc) is 3.45. The zero-order valence-corrected chi connectivity index (χ0v) is 18.1. The molecule has 0 radical (unpaired) electrons. The lowest BCUT2D eigenvalue weighted by atomic mass is 9.99. The first-order valence-corrected chi connectivity index (χ1v) is 11.6. The molecule has 0 amide bonds. The zero-order valence-electron chi connectivity index (χ0n) is 17.3. The molecule has 2 aliphatic heterocycles. The maximum atomic E-state index is 5.57. The van der Waals surface area contributed by atoms with Crippen molar-refractivity contribution in [3.63, 3.8) is 0 Å². The molecule has 156 valence electrons. The Balaban J connectivity index is 1.34. The van der Waals surface area contributed by atoms with E-state index in [0.717, 1.165) is 58.3 Å². The van der Waals surface area contributed by atoms with Crippen molar-refractivity contribution in [2.45, 2.75) is 18.9 Å². The molecule has 2 atom stereocenters. The third-order valence-corrected chi connectivity index (χ3v) is 6.95. The van der Waals surface area contributed by atoms with Crippen LogP contribution < -0.4 is 5.32 Å². The van der Waals surface area contributed by atoms with Crippen LogP contribution in [0.2, 0.25) is 0 Å². The first-order chi connectivity index (χ1) is 14.3. The highest BCUT2D eigenvalue weighted by Crippen LogP contribution is 2.26. The lowest BCUT2D eigenvalue weighted by Gasteiger charge is -2.35. The average molecular weight is 413 g/mol. The summed E-state index contributed by atoms with van der Waals surface area (Å²) in [5, 5.41) is 5.85. The number of ether oxygens (including phenoxy) is 1. The number of aliphatic imine (C=N–C) groups is 1. The fraction of sp³-hybridized carbons (Fsp3) is 0.522. The van der Waals surface area contributed by atoms with Crippen LogP contribution >= 0.6 is 11.3 Å². The summed E-state index contributed by atoms with van der Waals surface area (Å²) in [6.07, 6.45) is 2.38. The van der Waals surface area contributed by atoms with E-state index in [9.17, 15) is 0 Å². The molecule has 2 aliphatic rings. The number of thiophene rings is 1. The second-order valence-electron chi connectivity index (χ2n) is 7.90. The third kappa shape index (κ3) is 5.38. The molecule has 2 fully saturated rings. The highest BCUT2D eigenvalue weighted by atomic mass is 32.1. The van der Waals surface area contributed by atoms with Crippen molar-refractivity contribution >= 4 is 17.3 Å².